The third-order valence-corrected chi connectivity index (χ3v) is 6.11. The van der Waals surface area contributed by atoms with E-state index >= 15 is 0 Å². The van der Waals surface area contributed by atoms with Crippen LogP contribution in [0.4, 0.5) is 14.5 Å². The molecule has 3 heterocycles. The largest absolute Gasteiger partial charge is 0.397 e. The second-order valence-corrected chi connectivity index (χ2v) is 7.91. The summed E-state index contributed by atoms with van der Waals surface area (Å²) >= 11 is 1.15. The number of rotatable bonds is 3. The number of anilines is 1. The van der Waals surface area contributed by atoms with E-state index in [1.165, 1.54) is 11.0 Å². The summed E-state index contributed by atoms with van der Waals surface area (Å²) in [6, 6.07) is 2.93. The highest BCUT2D eigenvalue weighted by molar-refractivity contribution is 7.21. The van der Waals surface area contributed by atoms with Crippen LogP contribution in [0.2, 0.25) is 0 Å². The molecule has 1 fully saturated rings. The van der Waals surface area contributed by atoms with Crippen molar-refractivity contribution >= 4 is 39.1 Å². The van der Waals surface area contributed by atoms with E-state index in [0.717, 1.165) is 34.7 Å². The number of hydrogen-bond donors (Lipinski definition) is 2. The van der Waals surface area contributed by atoms with Crippen LogP contribution in [0.15, 0.2) is 18.2 Å². The molecule has 0 radical (unpaired) electrons. The van der Waals surface area contributed by atoms with Gasteiger partial charge in [0.2, 0.25) is 0 Å². The molecule has 0 atom stereocenters. The number of aromatic nitrogens is 2. The van der Waals surface area contributed by atoms with Gasteiger partial charge in [0, 0.05) is 18.5 Å². The van der Waals surface area contributed by atoms with Gasteiger partial charge in [0.25, 0.3) is 11.8 Å². The summed E-state index contributed by atoms with van der Waals surface area (Å²) in [6.07, 6.45) is 0. The van der Waals surface area contributed by atoms with Crippen LogP contribution in [0.5, 0.6) is 0 Å². The molecule has 0 spiro atoms. The van der Waals surface area contributed by atoms with E-state index in [2.05, 4.69) is 15.5 Å². The number of nitrogen functional groups attached to an aromatic ring is 1. The summed E-state index contributed by atoms with van der Waals surface area (Å²) in [7, 11) is 0. The van der Waals surface area contributed by atoms with Crippen LogP contribution in [-0.2, 0) is 0 Å². The number of amides is 2. The summed E-state index contributed by atoms with van der Waals surface area (Å²) in [4.78, 5) is 27.1. The Morgan fingerprint density at radius 2 is 1.86 bits per heavy atom. The first-order valence-electron chi connectivity index (χ1n) is 8.84. The van der Waals surface area contributed by atoms with Crippen LogP contribution in [0.25, 0.3) is 10.2 Å². The lowest BCUT2D eigenvalue weighted by molar-refractivity contribution is 0.0534. The Morgan fingerprint density at radius 1 is 1.21 bits per heavy atom. The standard InChI is InChI=1S/C19H17F2N5O2S/c1-8-9(2)24-25-18-13(8)15(22)16(29-18)17(27)23-10-6-26(7-10)19(28)14-11(20)4-3-5-12(14)21/h3-5,10H,6-7,22H2,1-2H3,(H,23,27). The Labute approximate surface area is 168 Å². The highest BCUT2D eigenvalue weighted by Crippen LogP contribution is 2.35. The first kappa shape index (κ1) is 19.2. The highest BCUT2D eigenvalue weighted by atomic mass is 32.1. The maximum Gasteiger partial charge on any atom is 0.263 e. The molecule has 29 heavy (non-hydrogen) atoms. The molecule has 1 aliphatic rings. The maximum atomic E-state index is 13.8. The molecule has 1 aliphatic heterocycles. The Balaban J connectivity index is 1.45. The molecule has 3 N–H and O–H groups in total. The lowest BCUT2D eigenvalue weighted by Gasteiger charge is -2.39. The predicted octanol–water partition coefficient (Wildman–Crippen LogP) is 2.42. The van der Waals surface area contributed by atoms with E-state index in [-0.39, 0.29) is 25.0 Å². The van der Waals surface area contributed by atoms with E-state index in [1.807, 2.05) is 13.8 Å². The Hall–Kier alpha value is -3.14. The number of thiophene rings is 1. The van der Waals surface area contributed by atoms with Crippen molar-refractivity contribution in [3.8, 4) is 0 Å². The lowest BCUT2D eigenvalue weighted by atomic mass is 10.1. The number of nitrogens with one attached hydrogen (secondary N) is 1. The molecule has 150 valence electrons. The van der Waals surface area contributed by atoms with Crippen LogP contribution in [0.1, 0.15) is 31.3 Å². The van der Waals surface area contributed by atoms with Gasteiger partial charge in [-0.2, -0.15) is 5.10 Å². The number of hydrogen-bond acceptors (Lipinski definition) is 6. The smallest absolute Gasteiger partial charge is 0.263 e. The Bertz CT molecular complexity index is 1140. The van der Waals surface area contributed by atoms with E-state index in [4.69, 9.17) is 5.73 Å². The molecule has 1 aromatic carbocycles. The van der Waals surface area contributed by atoms with Crippen LogP contribution in [0.3, 0.4) is 0 Å². The number of carbonyl (C=O) groups excluding carboxylic acids is 2. The molecule has 10 heteroatoms. The number of benzene rings is 1. The second-order valence-electron chi connectivity index (χ2n) is 6.91. The van der Waals surface area contributed by atoms with E-state index < -0.39 is 23.1 Å². The van der Waals surface area contributed by atoms with Crippen LogP contribution >= 0.6 is 11.3 Å². The molecule has 2 amide bonds. The minimum absolute atomic E-state index is 0.154. The van der Waals surface area contributed by atoms with Crippen molar-refractivity contribution in [3.05, 3.63) is 51.5 Å². The third-order valence-electron chi connectivity index (χ3n) is 5.02. The summed E-state index contributed by atoms with van der Waals surface area (Å²) in [6.45, 7) is 3.99. The summed E-state index contributed by atoms with van der Waals surface area (Å²) < 4.78 is 27.6. The van der Waals surface area contributed by atoms with E-state index in [9.17, 15) is 18.4 Å². The monoisotopic (exact) mass is 417 g/mol. The number of nitrogens with two attached hydrogens (primary N) is 1. The van der Waals surface area contributed by atoms with Crippen LogP contribution < -0.4 is 11.1 Å². The predicted molar refractivity (Wildman–Crippen MR) is 105 cm³/mol. The maximum absolute atomic E-state index is 13.8. The van der Waals surface area contributed by atoms with Gasteiger partial charge < -0.3 is 16.0 Å². The molecule has 4 rings (SSSR count). The van der Waals surface area contributed by atoms with Gasteiger partial charge in [-0.3, -0.25) is 9.59 Å². The van der Waals surface area contributed by atoms with Gasteiger partial charge in [-0.1, -0.05) is 6.07 Å². The van der Waals surface area contributed by atoms with Crippen LogP contribution in [0, 0.1) is 25.5 Å². The molecule has 1 saturated heterocycles. The zero-order valence-electron chi connectivity index (χ0n) is 15.6. The average molecular weight is 417 g/mol. The minimum Gasteiger partial charge on any atom is -0.397 e. The molecule has 7 nitrogen and oxygen atoms in total. The van der Waals surface area contributed by atoms with Crippen LogP contribution in [-0.4, -0.2) is 46.0 Å². The first-order valence-corrected chi connectivity index (χ1v) is 9.65. The van der Waals surface area contributed by atoms with Gasteiger partial charge in [0.15, 0.2) is 0 Å². The number of aryl methyl sites for hydroxylation is 2. The molecule has 0 saturated carbocycles. The Kier molecular flexibility index (Phi) is 4.65. The summed E-state index contributed by atoms with van der Waals surface area (Å²) in [5.74, 6) is -2.94. The molecule has 0 aliphatic carbocycles. The zero-order chi connectivity index (χ0) is 20.9. The van der Waals surface area contributed by atoms with Crippen molar-refractivity contribution in [1.82, 2.24) is 20.4 Å². The van der Waals surface area contributed by atoms with Gasteiger partial charge in [0.1, 0.15) is 26.9 Å². The van der Waals surface area contributed by atoms with Gasteiger partial charge in [0.05, 0.1) is 17.4 Å². The fraction of sp³-hybridized carbons (Fsp3) is 0.263. The number of fused-ring (bicyclic) bond motifs is 1. The summed E-state index contributed by atoms with van der Waals surface area (Å²) in [5, 5.41) is 11.6. The molecule has 0 bridgehead atoms. The van der Waals surface area contributed by atoms with Crippen molar-refractivity contribution in [2.45, 2.75) is 19.9 Å². The van der Waals surface area contributed by atoms with Crippen molar-refractivity contribution in [2.75, 3.05) is 18.8 Å². The van der Waals surface area contributed by atoms with Crippen molar-refractivity contribution in [2.24, 2.45) is 0 Å². The SMILES string of the molecule is Cc1nnc2sc(C(=O)NC3CN(C(=O)c4c(F)cccc4F)C3)c(N)c2c1C. The van der Waals surface area contributed by atoms with Gasteiger partial charge in [-0.05, 0) is 31.5 Å². The van der Waals surface area contributed by atoms with Crippen molar-refractivity contribution < 1.29 is 18.4 Å². The number of likely N-dealkylation sites (tertiary alicyclic amines) is 1. The normalized spacial score (nSPS) is 14.1. The highest BCUT2D eigenvalue weighted by Gasteiger charge is 2.35. The molecule has 2 aromatic heterocycles. The van der Waals surface area contributed by atoms with Gasteiger partial charge in [-0.15, -0.1) is 16.4 Å². The van der Waals surface area contributed by atoms with Crippen molar-refractivity contribution in [1.29, 1.82) is 0 Å². The molecular weight excluding hydrogens is 400 g/mol. The summed E-state index contributed by atoms with van der Waals surface area (Å²) in [5.41, 5.74) is 7.53. The van der Waals surface area contributed by atoms with Crippen molar-refractivity contribution in [3.63, 3.8) is 0 Å². The number of nitrogens with zero attached hydrogens (tertiary/aromatic N) is 3. The van der Waals surface area contributed by atoms with Gasteiger partial charge in [-0.25, -0.2) is 8.78 Å². The van der Waals surface area contributed by atoms with E-state index in [0.29, 0.717) is 20.8 Å². The third kappa shape index (κ3) is 3.19. The topological polar surface area (TPSA) is 101 Å². The average Bonchev–Trinajstić information content (AvgIpc) is 2.98. The number of carbonyl (C=O) groups is 2. The molecule has 3 aromatic rings. The first-order chi connectivity index (χ1) is 13.8. The van der Waals surface area contributed by atoms with Gasteiger partial charge >= 0.3 is 0 Å². The number of halogens is 2. The van der Waals surface area contributed by atoms with E-state index in [1.54, 1.807) is 0 Å². The minimum atomic E-state index is -0.910. The zero-order valence-corrected chi connectivity index (χ0v) is 16.4. The lowest BCUT2D eigenvalue weighted by Crippen LogP contribution is -2.61. The fourth-order valence-electron chi connectivity index (χ4n) is 3.26. The quantitative estimate of drug-likeness (QED) is 0.682. The second kappa shape index (κ2) is 7.03. The molecule has 0 unspecified atom stereocenters. The molecular formula is C19H17F2N5O2S. The Morgan fingerprint density at radius 3 is 2.52 bits per heavy atom. The fourth-order valence-corrected chi connectivity index (χ4v) is 4.26.